The number of nitrogens with zero attached hydrogens (tertiary/aromatic N) is 2. The van der Waals surface area contributed by atoms with E-state index in [1.54, 1.807) is 29.1 Å². The van der Waals surface area contributed by atoms with E-state index in [4.69, 9.17) is 0 Å². The van der Waals surface area contributed by atoms with Gasteiger partial charge in [0, 0.05) is 12.0 Å². The first-order valence-corrected chi connectivity index (χ1v) is 7.14. The molecule has 0 aliphatic heterocycles. The first kappa shape index (κ1) is 13.0. The quantitative estimate of drug-likeness (QED) is 0.495. The van der Waals surface area contributed by atoms with E-state index >= 15 is 0 Å². The highest BCUT2D eigenvalue weighted by Crippen LogP contribution is 2.26. The fraction of sp³-hybridized carbons (Fsp3) is 0.111. The Hall–Kier alpha value is -2.75. The lowest BCUT2D eigenvalue weighted by Gasteiger charge is -2.13. The number of para-hydroxylation sites is 1. The van der Waals surface area contributed by atoms with Crippen LogP contribution < -0.4 is 4.57 Å². The van der Waals surface area contributed by atoms with Crippen molar-refractivity contribution in [2.24, 2.45) is 7.05 Å². The van der Waals surface area contributed by atoms with Gasteiger partial charge in [-0.1, -0.05) is 36.4 Å². The molecule has 0 saturated carbocycles. The van der Waals surface area contributed by atoms with Gasteiger partial charge in [-0.05, 0) is 17.7 Å². The second-order valence-corrected chi connectivity index (χ2v) is 5.51. The highest BCUT2D eigenvalue weighted by Gasteiger charge is 2.35. The minimum Gasteiger partial charge on any atom is -0.284 e. The number of hydrogen-bond acceptors (Lipinski definition) is 1. The normalized spacial score (nSPS) is 12.9. The molecule has 0 radical (unpaired) electrons. The van der Waals surface area contributed by atoms with Gasteiger partial charge in [0.25, 0.3) is 0 Å². The number of carbonyl (C=O) groups is 1. The van der Waals surface area contributed by atoms with E-state index in [9.17, 15) is 9.18 Å². The van der Waals surface area contributed by atoms with E-state index < -0.39 is 0 Å². The molecule has 0 saturated heterocycles. The molecule has 1 aliphatic carbocycles. The van der Waals surface area contributed by atoms with Crippen LogP contribution in [-0.4, -0.2) is 10.4 Å². The van der Waals surface area contributed by atoms with E-state index in [1.165, 1.54) is 6.07 Å². The van der Waals surface area contributed by atoms with Crippen molar-refractivity contribution in [3.8, 4) is 5.69 Å². The molecular formula is C18H14FN2O+. The molecule has 0 atom stereocenters. The molecule has 1 heterocycles. The van der Waals surface area contributed by atoms with Gasteiger partial charge in [0.05, 0.1) is 7.05 Å². The van der Waals surface area contributed by atoms with Crippen LogP contribution in [0.1, 0.15) is 27.3 Å². The Morgan fingerprint density at radius 2 is 1.82 bits per heavy atom. The third-order valence-electron chi connectivity index (χ3n) is 4.18. The highest BCUT2D eigenvalue weighted by atomic mass is 19.1. The van der Waals surface area contributed by atoms with Crippen molar-refractivity contribution in [1.29, 1.82) is 0 Å². The summed E-state index contributed by atoms with van der Waals surface area (Å²) in [5, 5.41) is 0. The molecule has 0 fully saturated rings. The number of hydrogen-bond donors (Lipinski definition) is 0. The smallest absolute Gasteiger partial charge is 0.249 e. The average Bonchev–Trinajstić information content (AvgIpc) is 2.85. The molecule has 0 bridgehead atoms. The lowest BCUT2D eigenvalue weighted by atomic mass is 9.91. The van der Waals surface area contributed by atoms with E-state index in [0.29, 0.717) is 23.4 Å². The number of aryl methyl sites for hydroxylation is 1. The molecule has 0 N–H and O–H groups in total. The summed E-state index contributed by atoms with van der Waals surface area (Å²) in [5.41, 5.74) is 3.57. The predicted octanol–water partition coefficient (Wildman–Crippen LogP) is 2.58. The molecule has 3 nitrogen and oxygen atoms in total. The van der Waals surface area contributed by atoms with Crippen LogP contribution in [0.2, 0.25) is 0 Å². The number of halogens is 1. The molecule has 2 aromatic carbocycles. The van der Waals surface area contributed by atoms with Gasteiger partial charge in [-0.25, -0.2) is 8.96 Å². The number of imidazole rings is 1. The van der Waals surface area contributed by atoms with Gasteiger partial charge in [-0.15, -0.1) is 0 Å². The average molecular weight is 293 g/mol. The van der Waals surface area contributed by atoms with E-state index in [1.807, 2.05) is 35.9 Å². The second-order valence-electron chi connectivity index (χ2n) is 5.51. The van der Waals surface area contributed by atoms with Crippen LogP contribution >= 0.6 is 0 Å². The van der Waals surface area contributed by atoms with Crippen LogP contribution in [0.15, 0.2) is 54.9 Å². The Kier molecular flexibility index (Phi) is 2.73. The second kappa shape index (κ2) is 4.63. The van der Waals surface area contributed by atoms with Crippen LogP contribution in [0.4, 0.5) is 4.39 Å². The Bertz CT molecular complexity index is 911. The molecule has 0 unspecified atom stereocenters. The molecule has 1 aliphatic rings. The third-order valence-corrected chi connectivity index (χ3v) is 4.18. The number of fused-ring (bicyclic) bond motifs is 2. The largest absolute Gasteiger partial charge is 0.284 e. The maximum absolute atomic E-state index is 14.1. The fourth-order valence-electron chi connectivity index (χ4n) is 3.09. The first-order chi connectivity index (χ1) is 10.7. The maximum Gasteiger partial charge on any atom is 0.249 e. The molecule has 108 valence electrons. The van der Waals surface area contributed by atoms with Crippen LogP contribution in [0.5, 0.6) is 0 Å². The van der Waals surface area contributed by atoms with Crippen molar-refractivity contribution in [2.75, 3.05) is 0 Å². The van der Waals surface area contributed by atoms with Crippen LogP contribution in [0, 0.1) is 5.82 Å². The molecule has 22 heavy (non-hydrogen) atoms. The summed E-state index contributed by atoms with van der Waals surface area (Å²) in [7, 11) is 1.89. The van der Waals surface area contributed by atoms with Gasteiger partial charge in [0.2, 0.25) is 17.8 Å². The number of benzene rings is 2. The van der Waals surface area contributed by atoms with E-state index in [2.05, 4.69) is 0 Å². The summed E-state index contributed by atoms with van der Waals surface area (Å²) < 4.78 is 17.7. The number of carbonyl (C=O) groups excluding carboxylic acids is 1. The summed E-state index contributed by atoms with van der Waals surface area (Å²) in [6.07, 6.45) is 2.45. The number of rotatable bonds is 1. The highest BCUT2D eigenvalue weighted by molar-refractivity contribution is 6.10. The minimum atomic E-state index is -0.340. The minimum absolute atomic E-state index is 0.0549. The number of aromatic nitrogens is 2. The Morgan fingerprint density at radius 1 is 1.09 bits per heavy atom. The molecule has 1 aromatic heterocycles. The summed E-state index contributed by atoms with van der Waals surface area (Å²) in [5.74, 6) is -0.395. The lowest BCUT2D eigenvalue weighted by Crippen LogP contribution is -2.38. The molecule has 3 aromatic rings. The van der Waals surface area contributed by atoms with E-state index in [-0.39, 0.29) is 11.6 Å². The zero-order valence-electron chi connectivity index (χ0n) is 12.1. The maximum atomic E-state index is 14.1. The molecule has 0 spiro atoms. The summed E-state index contributed by atoms with van der Waals surface area (Å²) >= 11 is 0. The predicted molar refractivity (Wildman–Crippen MR) is 79.6 cm³/mol. The van der Waals surface area contributed by atoms with Crippen molar-refractivity contribution in [2.45, 2.75) is 6.42 Å². The van der Waals surface area contributed by atoms with Gasteiger partial charge >= 0.3 is 0 Å². The standard InChI is InChI=1S/C18H14FN2O/c1-20-11-21(15-9-5-4-8-14(15)19)17-16(20)10-12-6-2-3-7-13(12)18(17)22/h2-9,11H,10H2,1H3/q+1. The monoisotopic (exact) mass is 293 g/mol. The van der Waals surface area contributed by atoms with Crippen molar-refractivity contribution in [1.82, 2.24) is 4.57 Å². The Morgan fingerprint density at radius 3 is 2.64 bits per heavy atom. The Balaban J connectivity index is 1.98. The Labute approximate surface area is 127 Å². The summed E-state index contributed by atoms with van der Waals surface area (Å²) in [4.78, 5) is 12.9. The fourth-order valence-corrected chi connectivity index (χ4v) is 3.09. The first-order valence-electron chi connectivity index (χ1n) is 7.14. The van der Waals surface area contributed by atoms with Crippen molar-refractivity contribution < 1.29 is 13.8 Å². The molecule has 4 rings (SSSR count). The van der Waals surface area contributed by atoms with Gasteiger partial charge in [-0.3, -0.25) is 4.79 Å². The molecular weight excluding hydrogens is 279 g/mol. The van der Waals surface area contributed by atoms with Gasteiger partial charge < -0.3 is 0 Å². The van der Waals surface area contributed by atoms with Crippen molar-refractivity contribution >= 4 is 5.78 Å². The van der Waals surface area contributed by atoms with Crippen LogP contribution in [0.3, 0.4) is 0 Å². The van der Waals surface area contributed by atoms with Crippen LogP contribution in [-0.2, 0) is 13.5 Å². The summed E-state index contributed by atoms with van der Waals surface area (Å²) in [6, 6.07) is 14.1. The topological polar surface area (TPSA) is 25.9 Å². The van der Waals surface area contributed by atoms with Gasteiger partial charge in [-0.2, -0.15) is 4.57 Å². The van der Waals surface area contributed by atoms with Gasteiger partial charge in [0.1, 0.15) is 0 Å². The third kappa shape index (κ3) is 1.73. The lowest BCUT2D eigenvalue weighted by molar-refractivity contribution is -0.599. The zero-order chi connectivity index (χ0) is 15.3. The van der Waals surface area contributed by atoms with Gasteiger partial charge in [0.15, 0.2) is 17.2 Å². The SMILES string of the molecule is Cn1c[n+](-c2ccccc2F)c2c1Cc1ccccc1C2=O. The summed E-state index contributed by atoms with van der Waals surface area (Å²) in [6.45, 7) is 0. The van der Waals surface area contributed by atoms with Crippen LogP contribution in [0.25, 0.3) is 5.69 Å². The number of ketones is 1. The van der Waals surface area contributed by atoms with Crippen molar-refractivity contribution in [3.63, 3.8) is 0 Å². The van der Waals surface area contributed by atoms with E-state index in [0.717, 1.165) is 11.3 Å². The zero-order valence-corrected chi connectivity index (χ0v) is 12.1. The molecule has 0 amide bonds. The molecule has 4 heteroatoms. The van der Waals surface area contributed by atoms with Crippen molar-refractivity contribution in [3.05, 3.63) is 83.2 Å².